The summed E-state index contributed by atoms with van der Waals surface area (Å²) >= 11 is 1.32. The van der Waals surface area contributed by atoms with Gasteiger partial charge in [-0.2, -0.15) is 13.2 Å². The first-order chi connectivity index (χ1) is 11.0. The third-order valence-electron chi connectivity index (χ3n) is 2.68. The molecule has 3 nitrogen and oxygen atoms in total. The van der Waals surface area contributed by atoms with Crippen LogP contribution in [0.15, 0.2) is 41.8 Å². The Balaban J connectivity index is 1.77. The summed E-state index contributed by atoms with van der Waals surface area (Å²) in [4.78, 5) is 12.2. The van der Waals surface area contributed by atoms with Crippen LogP contribution < -0.4 is 10.1 Å². The minimum Gasteiger partial charge on any atom is -0.481 e. The third kappa shape index (κ3) is 5.34. The van der Waals surface area contributed by atoms with E-state index in [1.165, 1.54) is 23.5 Å². The molecule has 1 heterocycles. The second-order valence-corrected chi connectivity index (χ2v) is 5.28. The van der Waals surface area contributed by atoms with Gasteiger partial charge in [0.25, 0.3) is 5.91 Å². The van der Waals surface area contributed by atoms with Crippen LogP contribution in [0.5, 0.6) is 5.75 Å². The van der Waals surface area contributed by atoms with Crippen molar-refractivity contribution in [1.29, 1.82) is 0 Å². The van der Waals surface area contributed by atoms with Crippen LogP contribution in [0.1, 0.15) is 15.2 Å². The zero-order valence-electron chi connectivity index (χ0n) is 11.8. The Morgan fingerprint density at radius 1 is 1.22 bits per heavy atom. The number of hydrogen-bond acceptors (Lipinski definition) is 3. The zero-order chi connectivity index (χ0) is 16.7. The number of nitrogens with one attached hydrogen (secondary N) is 1. The predicted molar refractivity (Wildman–Crippen MR) is 81.4 cm³/mol. The number of rotatable bonds is 4. The van der Waals surface area contributed by atoms with Gasteiger partial charge in [0.2, 0.25) is 0 Å². The molecule has 1 aromatic carbocycles. The van der Waals surface area contributed by atoms with Crippen LogP contribution in [0.2, 0.25) is 0 Å². The molecule has 1 amide bonds. The van der Waals surface area contributed by atoms with E-state index >= 15 is 0 Å². The highest BCUT2D eigenvalue weighted by molar-refractivity contribution is 7.12. The Morgan fingerprint density at radius 2 is 2.04 bits per heavy atom. The van der Waals surface area contributed by atoms with Crippen molar-refractivity contribution < 1.29 is 22.7 Å². The Kier molecular flexibility index (Phi) is 5.66. The number of amides is 1. The lowest BCUT2D eigenvalue weighted by Gasteiger charge is -2.08. The first kappa shape index (κ1) is 16.9. The fourth-order valence-electron chi connectivity index (χ4n) is 1.61. The summed E-state index contributed by atoms with van der Waals surface area (Å²) in [6.45, 7) is 0.0822. The number of hydrogen-bond donors (Lipinski definition) is 1. The molecule has 0 atom stereocenters. The molecule has 0 radical (unpaired) electrons. The normalized spacial score (nSPS) is 10.6. The van der Waals surface area contributed by atoms with Crippen LogP contribution >= 0.6 is 11.3 Å². The van der Waals surface area contributed by atoms with E-state index in [1.54, 1.807) is 17.5 Å². The molecule has 0 aliphatic rings. The van der Waals surface area contributed by atoms with Gasteiger partial charge in [0, 0.05) is 0 Å². The molecular formula is C16H12F3NO2S. The summed E-state index contributed by atoms with van der Waals surface area (Å²) in [5.41, 5.74) is -0.772. The van der Waals surface area contributed by atoms with Crippen molar-refractivity contribution in [3.63, 3.8) is 0 Å². The van der Waals surface area contributed by atoms with Crippen LogP contribution in [0, 0.1) is 11.8 Å². The molecule has 23 heavy (non-hydrogen) atoms. The van der Waals surface area contributed by atoms with Crippen LogP contribution in [0.4, 0.5) is 13.2 Å². The molecule has 120 valence electrons. The van der Waals surface area contributed by atoms with Crippen molar-refractivity contribution in [2.75, 3.05) is 13.2 Å². The molecular weight excluding hydrogens is 327 g/mol. The van der Waals surface area contributed by atoms with E-state index in [9.17, 15) is 18.0 Å². The zero-order valence-corrected chi connectivity index (χ0v) is 12.6. The molecule has 2 rings (SSSR count). The Morgan fingerprint density at radius 3 is 2.74 bits per heavy atom. The first-order valence-corrected chi connectivity index (χ1v) is 7.42. The number of carbonyl (C=O) groups is 1. The standard InChI is InChI=1S/C16H12F3NO2S/c17-16(18,19)12-5-3-6-13(11-12)22-9-2-1-8-20-15(21)14-7-4-10-23-14/h3-7,10-11H,8-9H2,(H,20,21). The maximum atomic E-state index is 12.5. The van der Waals surface area contributed by atoms with E-state index in [1.807, 2.05) is 0 Å². The fourth-order valence-corrected chi connectivity index (χ4v) is 2.25. The third-order valence-corrected chi connectivity index (χ3v) is 3.55. The molecule has 2 aromatic rings. The van der Waals surface area contributed by atoms with Gasteiger partial charge in [-0.15, -0.1) is 11.3 Å². The average molecular weight is 339 g/mol. The lowest BCUT2D eigenvalue weighted by molar-refractivity contribution is -0.137. The fraction of sp³-hybridized carbons (Fsp3) is 0.188. The van der Waals surface area contributed by atoms with Crippen LogP contribution in [-0.2, 0) is 6.18 Å². The molecule has 1 aromatic heterocycles. The predicted octanol–water partition coefficient (Wildman–Crippen LogP) is 3.58. The number of carbonyl (C=O) groups excluding carboxylic acids is 1. The molecule has 0 aliphatic carbocycles. The van der Waals surface area contributed by atoms with Crippen molar-refractivity contribution in [2.45, 2.75) is 6.18 Å². The monoisotopic (exact) mass is 339 g/mol. The maximum absolute atomic E-state index is 12.5. The highest BCUT2D eigenvalue weighted by atomic mass is 32.1. The maximum Gasteiger partial charge on any atom is 0.416 e. The number of ether oxygens (including phenoxy) is 1. The Bertz CT molecular complexity index is 715. The van der Waals surface area contributed by atoms with Crippen molar-refractivity contribution in [1.82, 2.24) is 5.32 Å². The largest absolute Gasteiger partial charge is 0.481 e. The van der Waals surface area contributed by atoms with E-state index in [0.29, 0.717) is 4.88 Å². The summed E-state index contributed by atoms with van der Waals surface area (Å²) in [7, 11) is 0. The lowest BCUT2D eigenvalue weighted by atomic mass is 10.2. The molecule has 0 saturated carbocycles. The quantitative estimate of drug-likeness (QED) is 0.865. The van der Waals surface area contributed by atoms with Gasteiger partial charge in [-0.25, -0.2) is 0 Å². The van der Waals surface area contributed by atoms with Gasteiger partial charge in [-0.3, -0.25) is 4.79 Å². The Labute approximate surface area is 135 Å². The minimum absolute atomic E-state index is 0.0593. The average Bonchev–Trinajstić information content (AvgIpc) is 3.04. The number of alkyl halides is 3. The lowest BCUT2D eigenvalue weighted by Crippen LogP contribution is -2.22. The topological polar surface area (TPSA) is 38.3 Å². The first-order valence-electron chi connectivity index (χ1n) is 6.54. The van der Waals surface area contributed by atoms with E-state index in [-0.39, 0.29) is 24.8 Å². The summed E-state index contributed by atoms with van der Waals surface area (Å²) in [6.07, 6.45) is -4.41. The van der Waals surface area contributed by atoms with E-state index in [0.717, 1.165) is 12.1 Å². The molecule has 0 aliphatic heterocycles. The van der Waals surface area contributed by atoms with E-state index < -0.39 is 11.7 Å². The molecule has 0 fully saturated rings. The second kappa shape index (κ2) is 7.70. The van der Waals surface area contributed by atoms with E-state index in [4.69, 9.17) is 4.74 Å². The van der Waals surface area contributed by atoms with Crippen LogP contribution in [-0.4, -0.2) is 19.1 Å². The van der Waals surface area contributed by atoms with Gasteiger partial charge in [-0.05, 0) is 29.6 Å². The van der Waals surface area contributed by atoms with Crippen molar-refractivity contribution in [2.24, 2.45) is 0 Å². The molecule has 0 bridgehead atoms. The number of benzene rings is 1. The minimum atomic E-state index is -4.41. The van der Waals surface area contributed by atoms with Gasteiger partial charge in [0.1, 0.15) is 12.4 Å². The Hall–Kier alpha value is -2.46. The SMILES string of the molecule is O=C(NCC#CCOc1cccc(C(F)(F)F)c1)c1cccs1. The highest BCUT2D eigenvalue weighted by Crippen LogP contribution is 2.31. The summed E-state index contributed by atoms with van der Waals surface area (Å²) in [6, 6.07) is 8.06. The van der Waals surface area contributed by atoms with Gasteiger partial charge in [0.05, 0.1) is 17.0 Å². The number of halogens is 3. The van der Waals surface area contributed by atoms with E-state index in [2.05, 4.69) is 17.2 Å². The van der Waals surface area contributed by atoms with Crippen LogP contribution in [0.25, 0.3) is 0 Å². The smallest absolute Gasteiger partial charge is 0.416 e. The summed E-state index contributed by atoms with van der Waals surface area (Å²) in [5.74, 6) is 5.18. The highest BCUT2D eigenvalue weighted by Gasteiger charge is 2.30. The van der Waals surface area contributed by atoms with Crippen LogP contribution in [0.3, 0.4) is 0 Å². The van der Waals surface area contributed by atoms with Crippen molar-refractivity contribution in [3.05, 3.63) is 52.2 Å². The van der Waals surface area contributed by atoms with Gasteiger partial charge in [-0.1, -0.05) is 24.0 Å². The molecule has 0 spiro atoms. The number of thiophene rings is 1. The summed E-state index contributed by atoms with van der Waals surface area (Å²) in [5, 5.41) is 4.40. The van der Waals surface area contributed by atoms with Gasteiger partial charge in [0.15, 0.2) is 0 Å². The van der Waals surface area contributed by atoms with Gasteiger partial charge >= 0.3 is 6.18 Å². The molecule has 0 unspecified atom stereocenters. The molecule has 7 heteroatoms. The molecule has 0 saturated heterocycles. The van der Waals surface area contributed by atoms with Crippen molar-refractivity contribution >= 4 is 17.2 Å². The summed E-state index contributed by atoms with van der Waals surface area (Å²) < 4.78 is 42.7. The molecule has 1 N–H and O–H groups in total. The van der Waals surface area contributed by atoms with Gasteiger partial charge < -0.3 is 10.1 Å². The second-order valence-electron chi connectivity index (χ2n) is 4.33. The van der Waals surface area contributed by atoms with Crippen molar-refractivity contribution in [3.8, 4) is 17.6 Å².